The fourth-order valence-corrected chi connectivity index (χ4v) is 3.85. The Morgan fingerprint density at radius 1 is 1.09 bits per heavy atom. The maximum atomic E-state index is 5.45. The van der Waals surface area contributed by atoms with Crippen LogP contribution in [0, 0.1) is 11.8 Å². The Labute approximate surface area is 143 Å². The van der Waals surface area contributed by atoms with Gasteiger partial charge in [-0.25, -0.2) is 0 Å². The number of rotatable bonds is 8. The van der Waals surface area contributed by atoms with Crippen molar-refractivity contribution in [3.05, 3.63) is 0 Å². The summed E-state index contributed by atoms with van der Waals surface area (Å²) in [6.45, 7) is 7.07. The van der Waals surface area contributed by atoms with Gasteiger partial charge in [-0.05, 0) is 50.9 Å². The molecule has 0 amide bonds. The van der Waals surface area contributed by atoms with Crippen LogP contribution in [0.15, 0.2) is 4.99 Å². The summed E-state index contributed by atoms with van der Waals surface area (Å²) in [6.07, 6.45) is 12.1. The highest BCUT2D eigenvalue weighted by atomic mass is 16.5. The van der Waals surface area contributed by atoms with Gasteiger partial charge in [0.25, 0.3) is 0 Å². The van der Waals surface area contributed by atoms with Crippen molar-refractivity contribution in [1.82, 2.24) is 10.2 Å². The molecule has 2 aliphatic rings. The smallest absolute Gasteiger partial charge is 0.193 e. The minimum Gasteiger partial charge on any atom is -0.381 e. The fraction of sp³-hybridized carbons (Fsp3) is 0.947. The summed E-state index contributed by atoms with van der Waals surface area (Å²) in [4.78, 5) is 7.16. The number of ether oxygens (including phenoxy) is 1. The molecule has 1 N–H and O–H groups in total. The van der Waals surface area contributed by atoms with Gasteiger partial charge in [-0.3, -0.25) is 4.99 Å². The molecule has 1 aliphatic carbocycles. The summed E-state index contributed by atoms with van der Waals surface area (Å²) in [5.41, 5.74) is 0. The third kappa shape index (κ3) is 7.11. The fourth-order valence-electron chi connectivity index (χ4n) is 3.85. The SMILES string of the molecule is CCNC(=NCCCC1CCCC1)N(C)CCC1CCOCC1. The molecule has 2 rings (SSSR count). The van der Waals surface area contributed by atoms with Gasteiger partial charge in [0.1, 0.15) is 0 Å². The highest BCUT2D eigenvalue weighted by molar-refractivity contribution is 5.79. The maximum absolute atomic E-state index is 5.45. The molecular weight excluding hydrogens is 286 g/mol. The average molecular weight is 324 g/mol. The van der Waals surface area contributed by atoms with Crippen LogP contribution in [-0.2, 0) is 4.74 Å². The zero-order valence-electron chi connectivity index (χ0n) is 15.4. The molecule has 1 aliphatic heterocycles. The van der Waals surface area contributed by atoms with Crippen LogP contribution in [0.5, 0.6) is 0 Å². The zero-order chi connectivity index (χ0) is 16.3. The zero-order valence-corrected chi connectivity index (χ0v) is 15.4. The molecule has 0 atom stereocenters. The van der Waals surface area contributed by atoms with E-state index in [1.807, 2.05) is 0 Å². The standard InChI is InChI=1S/C19H37N3O/c1-3-20-19(21-13-6-9-17-7-4-5-8-17)22(2)14-10-18-11-15-23-16-12-18/h17-18H,3-16H2,1-2H3,(H,20,21). The lowest BCUT2D eigenvalue weighted by molar-refractivity contribution is 0.0625. The topological polar surface area (TPSA) is 36.9 Å². The third-order valence-corrected chi connectivity index (χ3v) is 5.42. The lowest BCUT2D eigenvalue weighted by atomic mass is 9.96. The van der Waals surface area contributed by atoms with E-state index in [0.29, 0.717) is 0 Å². The highest BCUT2D eigenvalue weighted by Gasteiger charge is 2.16. The van der Waals surface area contributed by atoms with Gasteiger partial charge in [-0.1, -0.05) is 25.7 Å². The predicted molar refractivity (Wildman–Crippen MR) is 98.0 cm³/mol. The van der Waals surface area contributed by atoms with E-state index in [9.17, 15) is 0 Å². The molecule has 23 heavy (non-hydrogen) atoms. The van der Waals surface area contributed by atoms with Crippen molar-refractivity contribution in [3.63, 3.8) is 0 Å². The van der Waals surface area contributed by atoms with Crippen LogP contribution in [0.25, 0.3) is 0 Å². The number of guanidine groups is 1. The summed E-state index contributed by atoms with van der Waals surface area (Å²) in [5, 5.41) is 3.45. The van der Waals surface area contributed by atoms with E-state index in [0.717, 1.165) is 50.6 Å². The molecule has 1 saturated carbocycles. The Morgan fingerprint density at radius 3 is 2.48 bits per heavy atom. The molecule has 1 heterocycles. The monoisotopic (exact) mass is 323 g/mol. The van der Waals surface area contributed by atoms with E-state index >= 15 is 0 Å². The number of aliphatic imine (C=N–C) groups is 1. The van der Waals surface area contributed by atoms with E-state index in [1.165, 1.54) is 57.8 Å². The van der Waals surface area contributed by atoms with Crippen LogP contribution in [0.1, 0.15) is 64.7 Å². The Hall–Kier alpha value is -0.770. The second kappa shape index (κ2) is 10.9. The van der Waals surface area contributed by atoms with Crippen LogP contribution in [0.3, 0.4) is 0 Å². The van der Waals surface area contributed by atoms with Crippen molar-refractivity contribution in [2.75, 3.05) is 39.9 Å². The van der Waals surface area contributed by atoms with Crippen LogP contribution < -0.4 is 5.32 Å². The van der Waals surface area contributed by atoms with Gasteiger partial charge in [-0.15, -0.1) is 0 Å². The van der Waals surface area contributed by atoms with Crippen LogP contribution in [0.4, 0.5) is 0 Å². The first kappa shape index (κ1) is 18.6. The minimum absolute atomic E-state index is 0.830. The molecule has 4 nitrogen and oxygen atoms in total. The van der Waals surface area contributed by atoms with E-state index in [2.05, 4.69) is 24.2 Å². The van der Waals surface area contributed by atoms with E-state index in [-0.39, 0.29) is 0 Å². The summed E-state index contributed by atoms with van der Waals surface area (Å²) in [7, 11) is 2.18. The van der Waals surface area contributed by atoms with Gasteiger partial charge in [-0.2, -0.15) is 0 Å². The number of hydrogen-bond acceptors (Lipinski definition) is 2. The van der Waals surface area contributed by atoms with Crippen LogP contribution in [0.2, 0.25) is 0 Å². The van der Waals surface area contributed by atoms with Gasteiger partial charge in [0.05, 0.1) is 0 Å². The van der Waals surface area contributed by atoms with Gasteiger partial charge in [0, 0.05) is 39.9 Å². The summed E-state index contributed by atoms with van der Waals surface area (Å²) < 4.78 is 5.45. The molecule has 4 heteroatoms. The largest absolute Gasteiger partial charge is 0.381 e. The lowest BCUT2D eigenvalue weighted by Crippen LogP contribution is -2.40. The van der Waals surface area contributed by atoms with Gasteiger partial charge >= 0.3 is 0 Å². The Balaban J connectivity index is 1.67. The van der Waals surface area contributed by atoms with Gasteiger partial charge in [0.2, 0.25) is 0 Å². The van der Waals surface area contributed by atoms with E-state index in [4.69, 9.17) is 9.73 Å². The summed E-state index contributed by atoms with van der Waals surface area (Å²) in [5.74, 6) is 2.90. The quantitative estimate of drug-likeness (QED) is 0.421. The van der Waals surface area contributed by atoms with Crippen LogP contribution >= 0.6 is 0 Å². The second-order valence-corrected chi connectivity index (χ2v) is 7.29. The molecule has 0 spiro atoms. The highest BCUT2D eigenvalue weighted by Crippen LogP contribution is 2.28. The molecule has 0 radical (unpaired) electrons. The van der Waals surface area contributed by atoms with E-state index in [1.54, 1.807) is 0 Å². The molecule has 2 fully saturated rings. The van der Waals surface area contributed by atoms with Crippen LogP contribution in [-0.4, -0.2) is 50.8 Å². The molecule has 1 saturated heterocycles. The summed E-state index contributed by atoms with van der Waals surface area (Å²) >= 11 is 0. The van der Waals surface area contributed by atoms with Crippen molar-refractivity contribution >= 4 is 5.96 Å². The molecule has 0 aromatic rings. The molecule has 134 valence electrons. The normalized spacial score (nSPS) is 20.9. The number of nitrogens with zero attached hydrogens (tertiary/aromatic N) is 2. The maximum Gasteiger partial charge on any atom is 0.193 e. The second-order valence-electron chi connectivity index (χ2n) is 7.29. The first-order valence-electron chi connectivity index (χ1n) is 9.86. The molecule has 0 aromatic carbocycles. The molecule has 0 unspecified atom stereocenters. The summed E-state index contributed by atoms with van der Waals surface area (Å²) in [6, 6.07) is 0. The van der Waals surface area contributed by atoms with Crippen molar-refractivity contribution in [2.45, 2.75) is 64.7 Å². The van der Waals surface area contributed by atoms with Crippen molar-refractivity contribution in [1.29, 1.82) is 0 Å². The van der Waals surface area contributed by atoms with Crippen molar-refractivity contribution in [3.8, 4) is 0 Å². The third-order valence-electron chi connectivity index (χ3n) is 5.42. The predicted octanol–water partition coefficient (Wildman–Crippen LogP) is 3.67. The molecule has 0 aromatic heterocycles. The van der Waals surface area contributed by atoms with Crippen molar-refractivity contribution in [2.24, 2.45) is 16.8 Å². The lowest BCUT2D eigenvalue weighted by Gasteiger charge is -2.27. The Bertz CT molecular complexity index is 334. The Morgan fingerprint density at radius 2 is 1.78 bits per heavy atom. The molecular formula is C19H37N3O. The number of nitrogens with one attached hydrogen (secondary N) is 1. The van der Waals surface area contributed by atoms with E-state index < -0.39 is 0 Å². The minimum atomic E-state index is 0.830. The Kier molecular flexibility index (Phi) is 8.80. The first-order valence-corrected chi connectivity index (χ1v) is 9.86. The number of hydrogen-bond donors (Lipinski definition) is 1. The van der Waals surface area contributed by atoms with Gasteiger partial charge in [0.15, 0.2) is 5.96 Å². The first-order chi connectivity index (χ1) is 11.3. The van der Waals surface area contributed by atoms with Gasteiger partial charge < -0.3 is 15.0 Å². The van der Waals surface area contributed by atoms with Crippen molar-refractivity contribution < 1.29 is 4.74 Å². The average Bonchev–Trinajstić information content (AvgIpc) is 3.10. The molecule has 0 bridgehead atoms.